The molecule has 0 aliphatic heterocycles. The number of hydrazine groups is 1. The number of hydrogen-bond acceptors (Lipinski definition) is 3. The molecule has 0 radical (unpaired) electrons. The molecule has 2 N–H and O–H groups in total. The van der Waals surface area contributed by atoms with Gasteiger partial charge in [-0.15, -0.1) is 0 Å². The van der Waals surface area contributed by atoms with Crippen molar-refractivity contribution in [2.24, 2.45) is 0 Å². The van der Waals surface area contributed by atoms with Crippen LogP contribution in [-0.4, -0.2) is 18.4 Å². The number of benzene rings is 2. The molecule has 0 saturated heterocycles. The molecule has 0 atom stereocenters. The Bertz CT molecular complexity index is 769. The Hall–Kier alpha value is -2.82. The predicted molar refractivity (Wildman–Crippen MR) is 92.9 cm³/mol. The van der Waals surface area contributed by atoms with E-state index in [2.05, 4.69) is 10.9 Å². The lowest BCUT2D eigenvalue weighted by atomic mass is 10.1. The van der Waals surface area contributed by atoms with E-state index in [-0.39, 0.29) is 12.5 Å². The first-order valence-electron chi connectivity index (χ1n) is 7.73. The van der Waals surface area contributed by atoms with E-state index in [1.54, 1.807) is 6.07 Å². The van der Waals surface area contributed by atoms with E-state index in [4.69, 9.17) is 4.74 Å². The molecule has 0 aliphatic carbocycles. The number of nitrogens with one attached hydrogen (secondary N) is 2. The van der Waals surface area contributed by atoms with Gasteiger partial charge in [0.25, 0.3) is 11.8 Å². The molecule has 2 amide bonds. The van der Waals surface area contributed by atoms with Crippen molar-refractivity contribution in [2.75, 3.05) is 6.61 Å². The van der Waals surface area contributed by atoms with Gasteiger partial charge < -0.3 is 4.74 Å². The SMILES string of the molecule is Cc1ccc(C)c(C(=O)NNC(=O)COc2ccc(C)c(C)c2)c1. The van der Waals surface area contributed by atoms with Gasteiger partial charge in [-0.2, -0.15) is 0 Å². The molecule has 5 nitrogen and oxygen atoms in total. The van der Waals surface area contributed by atoms with E-state index in [0.29, 0.717) is 11.3 Å². The van der Waals surface area contributed by atoms with Gasteiger partial charge in [-0.3, -0.25) is 20.4 Å². The molecule has 0 bridgehead atoms. The summed E-state index contributed by atoms with van der Waals surface area (Å²) in [7, 11) is 0. The van der Waals surface area contributed by atoms with E-state index in [0.717, 1.165) is 22.3 Å². The molecule has 5 heteroatoms. The van der Waals surface area contributed by atoms with Crippen LogP contribution in [0.15, 0.2) is 36.4 Å². The third-order valence-electron chi connectivity index (χ3n) is 3.80. The molecule has 2 rings (SSSR count). The second-order valence-electron chi connectivity index (χ2n) is 5.86. The summed E-state index contributed by atoms with van der Waals surface area (Å²) in [5.41, 5.74) is 9.38. The van der Waals surface area contributed by atoms with E-state index < -0.39 is 5.91 Å². The highest BCUT2D eigenvalue weighted by atomic mass is 16.5. The van der Waals surface area contributed by atoms with Crippen molar-refractivity contribution in [2.45, 2.75) is 27.7 Å². The van der Waals surface area contributed by atoms with Crippen LogP contribution >= 0.6 is 0 Å². The second-order valence-corrected chi connectivity index (χ2v) is 5.86. The van der Waals surface area contributed by atoms with Crippen LogP contribution in [0.25, 0.3) is 0 Å². The maximum absolute atomic E-state index is 12.1. The lowest BCUT2D eigenvalue weighted by Crippen LogP contribution is -2.44. The Morgan fingerprint density at radius 2 is 1.58 bits per heavy atom. The fraction of sp³-hybridized carbons (Fsp3) is 0.263. The number of amides is 2. The lowest BCUT2D eigenvalue weighted by molar-refractivity contribution is -0.123. The number of carbonyl (C=O) groups excluding carboxylic acids is 2. The molecule has 2 aromatic rings. The van der Waals surface area contributed by atoms with Crippen LogP contribution in [0, 0.1) is 27.7 Å². The van der Waals surface area contributed by atoms with Crippen LogP contribution in [0.4, 0.5) is 0 Å². The fourth-order valence-corrected chi connectivity index (χ4v) is 2.16. The molecule has 0 aliphatic rings. The summed E-state index contributed by atoms with van der Waals surface area (Å²) >= 11 is 0. The molecular formula is C19H22N2O3. The highest BCUT2D eigenvalue weighted by Gasteiger charge is 2.10. The number of carbonyl (C=O) groups is 2. The van der Waals surface area contributed by atoms with Crippen molar-refractivity contribution >= 4 is 11.8 Å². The van der Waals surface area contributed by atoms with Crippen LogP contribution in [0.5, 0.6) is 5.75 Å². The van der Waals surface area contributed by atoms with E-state index >= 15 is 0 Å². The van der Waals surface area contributed by atoms with Gasteiger partial charge in [0.05, 0.1) is 0 Å². The molecule has 0 fully saturated rings. The van der Waals surface area contributed by atoms with Crippen molar-refractivity contribution in [3.8, 4) is 5.75 Å². The zero-order chi connectivity index (χ0) is 17.7. The van der Waals surface area contributed by atoms with Gasteiger partial charge in [-0.05, 0) is 62.6 Å². The second kappa shape index (κ2) is 7.64. The minimum absolute atomic E-state index is 0.171. The van der Waals surface area contributed by atoms with Gasteiger partial charge >= 0.3 is 0 Å². The summed E-state index contributed by atoms with van der Waals surface area (Å²) in [5.74, 6) is -0.156. The summed E-state index contributed by atoms with van der Waals surface area (Å²) in [6.07, 6.45) is 0. The van der Waals surface area contributed by atoms with Crippen molar-refractivity contribution in [3.63, 3.8) is 0 Å². The topological polar surface area (TPSA) is 67.4 Å². The van der Waals surface area contributed by atoms with Crippen LogP contribution in [0.1, 0.15) is 32.6 Å². The van der Waals surface area contributed by atoms with Crippen molar-refractivity contribution in [1.82, 2.24) is 10.9 Å². The molecule has 0 heterocycles. The van der Waals surface area contributed by atoms with Crippen molar-refractivity contribution in [1.29, 1.82) is 0 Å². The highest BCUT2D eigenvalue weighted by Crippen LogP contribution is 2.16. The highest BCUT2D eigenvalue weighted by molar-refractivity contribution is 5.96. The summed E-state index contributed by atoms with van der Waals surface area (Å²) in [5, 5.41) is 0. The van der Waals surface area contributed by atoms with Gasteiger partial charge in [0.2, 0.25) is 0 Å². The Labute approximate surface area is 142 Å². The maximum Gasteiger partial charge on any atom is 0.276 e. The quantitative estimate of drug-likeness (QED) is 0.849. The summed E-state index contributed by atoms with van der Waals surface area (Å²) in [6.45, 7) is 7.57. The van der Waals surface area contributed by atoms with Gasteiger partial charge in [-0.25, -0.2) is 0 Å². The van der Waals surface area contributed by atoms with E-state index in [1.807, 2.05) is 58.0 Å². The van der Waals surface area contributed by atoms with Gasteiger partial charge in [0.15, 0.2) is 6.61 Å². The normalized spacial score (nSPS) is 10.2. The van der Waals surface area contributed by atoms with Crippen LogP contribution < -0.4 is 15.6 Å². The monoisotopic (exact) mass is 326 g/mol. The molecule has 2 aromatic carbocycles. The minimum atomic E-state index is -0.424. The Kier molecular flexibility index (Phi) is 5.58. The zero-order valence-electron chi connectivity index (χ0n) is 14.4. The van der Waals surface area contributed by atoms with Crippen molar-refractivity contribution < 1.29 is 14.3 Å². The molecule has 126 valence electrons. The van der Waals surface area contributed by atoms with Gasteiger partial charge in [0, 0.05) is 5.56 Å². The third-order valence-corrected chi connectivity index (χ3v) is 3.80. The van der Waals surface area contributed by atoms with Crippen molar-refractivity contribution in [3.05, 3.63) is 64.2 Å². The number of rotatable bonds is 4. The van der Waals surface area contributed by atoms with E-state index in [1.165, 1.54) is 0 Å². The molecule has 0 unspecified atom stereocenters. The van der Waals surface area contributed by atoms with Crippen LogP contribution in [0.3, 0.4) is 0 Å². The van der Waals surface area contributed by atoms with Gasteiger partial charge in [-0.1, -0.05) is 23.8 Å². The Morgan fingerprint density at radius 3 is 2.29 bits per heavy atom. The molecule has 0 aromatic heterocycles. The minimum Gasteiger partial charge on any atom is -0.484 e. The number of ether oxygens (including phenoxy) is 1. The van der Waals surface area contributed by atoms with E-state index in [9.17, 15) is 9.59 Å². The Morgan fingerprint density at radius 1 is 0.875 bits per heavy atom. The summed E-state index contributed by atoms with van der Waals surface area (Å²) in [6, 6.07) is 11.2. The largest absolute Gasteiger partial charge is 0.484 e. The lowest BCUT2D eigenvalue weighted by Gasteiger charge is -2.11. The fourth-order valence-electron chi connectivity index (χ4n) is 2.16. The first-order valence-corrected chi connectivity index (χ1v) is 7.73. The smallest absolute Gasteiger partial charge is 0.276 e. The first kappa shape index (κ1) is 17.5. The Balaban J connectivity index is 1.85. The van der Waals surface area contributed by atoms with Crippen LogP contribution in [0.2, 0.25) is 0 Å². The maximum atomic E-state index is 12.1. The standard InChI is InChI=1S/C19H22N2O3/c1-12-5-6-14(3)17(9-12)19(23)21-20-18(22)11-24-16-8-7-13(2)15(4)10-16/h5-10H,11H2,1-4H3,(H,20,22)(H,21,23). The molecule has 24 heavy (non-hydrogen) atoms. The summed E-state index contributed by atoms with van der Waals surface area (Å²) < 4.78 is 5.42. The first-order chi connectivity index (χ1) is 11.4. The third kappa shape index (κ3) is 4.59. The zero-order valence-corrected chi connectivity index (χ0v) is 14.4. The summed E-state index contributed by atoms with van der Waals surface area (Å²) in [4.78, 5) is 23.9. The molecular weight excluding hydrogens is 304 g/mol. The number of aryl methyl sites for hydroxylation is 4. The number of hydrogen-bond donors (Lipinski definition) is 2. The predicted octanol–water partition coefficient (Wildman–Crippen LogP) is 2.76. The average molecular weight is 326 g/mol. The van der Waals surface area contributed by atoms with Crippen LogP contribution in [-0.2, 0) is 4.79 Å². The molecule has 0 saturated carbocycles. The molecule has 0 spiro atoms. The van der Waals surface area contributed by atoms with Gasteiger partial charge in [0.1, 0.15) is 5.75 Å². The average Bonchev–Trinajstić information content (AvgIpc) is 2.56.